The lowest BCUT2D eigenvalue weighted by atomic mass is 10.1. The van der Waals surface area contributed by atoms with Crippen molar-refractivity contribution in [3.63, 3.8) is 0 Å². The normalized spacial score (nSPS) is 22.9. The summed E-state index contributed by atoms with van der Waals surface area (Å²) in [4.78, 5) is 28.1. The van der Waals surface area contributed by atoms with Crippen molar-refractivity contribution in [2.75, 3.05) is 7.05 Å². The van der Waals surface area contributed by atoms with E-state index in [1.165, 1.54) is 7.05 Å². The first kappa shape index (κ1) is 12.5. The van der Waals surface area contributed by atoms with E-state index in [-0.39, 0.29) is 23.8 Å². The summed E-state index contributed by atoms with van der Waals surface area (Å²) in [7, 11) is 1.47. The number of hydrogen-bond donors (Lipinski definition) is 2. The van der Waals surface area contributed by atoms with Crippen molar-refractivity contribution in [3.05, 3.63) is 0 Å². The number of hydrogen-bond acceptors (Lipinski definition) is 3. The highest BCUT2D eigenvalue weighted by Gasteiger charge is 2.31. The highest BCUT2D eigenvalue weighted by Crippen LogP contribution is 2.14. The number of aliphatic imine (C=N–C) groups is 1. The van der Waals surface area contributed by atoms with Crippen LogP contribution < -0.4 is 11.1 Å². The second kappa shape index (κ2) is 4.96. The Morgan fingerprint density at radius 3 is 2.75 bits per heavy atom. The van der Waals surface area contributed by atoms with Crippen molar-refractivity contribution in [2.45, 2.75) is 38.8 Å². The number of nitrogens with two attached hydrogens (primary N) is 1. The van der Waals surface area contributed by atoms with Crippen LogP contribution in [0.15, 0.2) is 4.99 Å². The Kier molecular flexibility index (Phi) is 3.87. The van der Waals surface area contributed by atoms with Crippen LogP contribution in [0, 0.1) is 0 Å². The lowest BCUT2D eigenvalue weighted by Crippen LogP contribution is -2.46. The highest BCUT2D eigenvalue weighted by molar-refractivity contribution is 6.01. The van der Waals surface area contributed by atoms with Gasteiger partial charge in [-0.15, -0.1) is 0 Å². The van der Waals surface area contributed by atoms with Crippen LogP contribution in [0.3, 0.4) is 0 Å². The van der Waals surface area contributed by atoms with Crippen LogP contribution in [0.5, 0.6) is 0 Å². The molecule has 0 radical (unpaired) electrons. The minimum atomic E-state index is -0.533. The predicted octanol–water partition coefficient (Wildman–Crippen LogP) is -0.553. The molecule has 0 saturated carbocycles. The molecule has 2 amide bonds. The predicted molar refractivity (Wildman–Crippen MR) is 60.7 cm³/mol. The summed E-state index contributed by atoms with van der Waals surface area (Å²) in [5.41, 5.74) is 5.63. The van der Waals surface area contributed by atoms with Crippen molar-refractivity contribution < 1.29 is 9.59 Å². The second-order valence-electron chi connectivity index (χ2n) is 4.16. The maximum Gasteiger partial charge on any atom is 0.253 e. The maximum atomic E-state index is 11.7. The van der Waals surface area contributed by atoms with Crippen LogP contribution in [0.1, 0.15) is 26.7 Å². The van der Waals surface area contributed by atoms with Gasteiger partial charge < -0.3 is 11.1 Å². The molecule has 0 spiro atoms. The molecule has 1 fully saturated rings. The first-order valence-corrected chi connectivity index (χ1v) is 5.32. The standard InChI is InChI=1S/C10H18N4O2/c1-6(2)12-10(11)13-7-4-5-8(15)14(3)9(7)16/h6-7H,4-5H2,1-3H3,(H3,11,12,13). The molecule has 6 nitrogen and oxygen atoms in total. The minimum absolute atomic E-state index is 0.160. The summed E-state index contributed by atoms with van der Waals surface area (Å²) >= 11 is 0. The number of nitrogens with zero attached hydrogens (tertiary/aromatic N) is 2. The van der Waals surface area contributed by atoms with Crippen LogP contribution in [0.4, 0.5) is 0 Å². The van der Waals surface area contributed by atoms with Crippen LogP contribution >= 0.6 is 0 Å². The number of piperidine rings is 1. The average molecular weight is 226 g/mol. The Bertz CT molecular complexity index is 325. The largest absolute Gasteiger partial charge is 0.370 e. The zero-order valence-corrected chi connectivity index (χ0v) is 9.86. The van der Waals surface area contributed by atoms with E-state index in [0.29, 0.717) is 12.8 Å². The van der Waals surface area contributed by atoms with Crippen LogP contribution in [-0.2, 0) is 9.59 Å². The van der Waals surface area contributed by atoms with E-state index in [1.54, 1.807) is 0 Å². The molecule has 16 heavy (non-hydrogen) atoms. The van der Waals surface area contributed by atoms with Crippen molar-refractivity contribution in [1.82, 2.24) is 10.2 Å². The van der Waals surface area contributed by atoms with Crippen LogP contribution in [0.2, 0.25) is 0 Å². The van der Waals surface area contributed by atoms with E-state index in [0.717, 1.165) is 4.90 Å². The van der Waals surface area contributed by atoms with Crippen molar-refractivity contribution in [1.29, 1.82) is 0 Å². The quantitative estimate of drug-likeness (QED) is 0.375. The molecule has 0 aliphatic carbocycles. The molecule has 0 aromatic rings. The lowest BCUT2D eigenvalue weighted by Gasteiger charge is -2.25. The number of carbonyl (C=O) groups excluding carboxylic acids is 2. The SMILES string of the molecule is CC(C)NC(N)=NC1CCC(=O)N(C)C1=O. The fourth-order valence-electron chi connectivity index (χ4n) is 1.52. The molecule has 1 saturated heterocycles. The second-order valence-corrected chi connectivity index (χ2v) is 4.16. The van der Waals surface area contributed by atoms with E-state index in [9.17, 15) is 9.59 Å². The molecule has 1 aliphatic rings. The van der Waals surface area contributed by atoms with Gasteiger partial charge in [0.25, 0.3) is 5.91 Å². The molecule has 1 aliphatic heterocycles. The molecule has 6 heteroatoms. The fraction of sp³-hybridized carbons (Fsp3) is 0.700. The van der Waals surface area contributed by atoms with Gasteiger partial charge in [-0.05, 0) is 20.3 Å². The molecular formula is C10H18N4O2. The van der Waals surface area contributed by atoms with Crippen molar-refractivity contribution >= 4 is 17.8 Å². The van der Waals surface area contributed by atoms with Crippen molar-refractivity contribution in [2.24, 2.45) is 10.7 Å². The third-order valence-corrected chi connectivity index (χ3v) is 2.35. The van der Waals surface area contributed by atoms with Gasteiger partial charge in [-0.3, -0.25) is 14.5 Å². The van der Waals surface area contributed by atoms with Gasteiger partial charge in [0.2, 0.25) is 5.91 Å². The van der Waals surface area contributed by atoms with Gasteiger partial charge in [0, 0.05) is 19.5 Å². The summed E-state index contributed by atoms with van der Waals surface area (Å²) in [5.74, 6) is -0.201. The first-order chi connectivity index (χ1) is 7.41. The summed E-state index contributed by atoms with van der Waals surface area (Å²) in [5, 5.41) is 2.91. The number of nitrogens with one attached hydrogen (secondary N) is 1. The maximum absolute atomic E-state index is 11.7. The Labute approximate surface area is 94.9 Å². The van der Waals surface area contributed by atoms with Gasteiger partial charge in [0.05, 0.1) is 0 Å². The zero-order valence-electron chi connectivity index (χ0n) is 9.86. The van der Waals surface area contributed by atoms with E-state index in [2.05, 4.69) is 10.3 Å². The van der Waals surface area contributed by atoms with E-state index >= 15 is 0 Å². The van der Waals surface area contributed by atoms with Gasteiger partial charge in [0.15, 0.2) is 5.96 Å². The summed E-state index contributed by atoms with van der Waals surface area (Å²) in [6, 6.07) is -0.365. The number of carbonyl (C=O) groups is 2. The van der Waals surface area contributed by atoms with Crippen LogP contribution in [0.25, 0.3) is 0 Å². The van der Waals surface area contributed by atoms with Crippen molar-refractivity contribution in [3.8, 4) is 0 Å². The topological polar surface area (TPSA) is 87.8 Å². The minimum Gasteiger partial charge on any atom is -0.370 e. The van der Waals surface area contributed by atoms with E-state index in [1.807, 2.05) is 13.8 Å². The van der Waals surface area contributed by atoms with Gasteiger partial charge in [0.1, 0.15) is 6.04 Å². The number of rotatable bonds is 2. The van der Waals surface area contributed by atoms with Crippen LogP contribution in [-0.4, -0.2) is 41.8 Å². The number of amides is 2. The van der Waals surface area contributed by atoms with Gasteiger partial charge in [-0.25, -0.2) is 4.99 Å². The molecule has 0 aromatic carbocycles. The Balaban J connectivity index is 2.68. The highest BCUT2D eigenvalue weighted by atomic mass is 16.2. The fourth-order valence-corrected chi connectivity index (χ4v) is 1.52. The number of guanidine groups is 1. The lowest BCUT2D eigenvalue weighted by molar-refractivity contribution is -0.147. The number of likely N-dealkylation sites (N-methyl/N-ethyl adjacent to an activating group) is 1. The monoisotopic (exact) mass is 226 g/mol. The van der Waals surface area contributed by atoms with E-state index < -0.39 is 6.04 Å². The molecule has 1 rings (SSSR count). The molecular weight excluding hydrogens is 208 g/mol. The molecule has 1 unspecified atom stereocenters. The van der Waals surface area contributed by atoms with Gasteiger partial charge in [-0.1, -0.05) is 0 Å². The third-order valence-electron chi connectivity index (χ3n) is 2.35. The molecule has 0 aromatic heterocycles. The van der Waals surface area contributed by atoms with E-state index in [4.69, 9.17) is 5.73 Å². The summed E-state index contributed by atoms with van der Waals surface area (Å²) in [6.45, 7) is 3.86. The Morgan fingerprint density at radius 2 is 2.19 bits per heavy atom. The van der Waals surface area contributed by atoms with Gasteiger partial charge in [-0.2, -0.15) is 0 Å². The third kappa shape index (κ3) is 2.95. The number of likely N-dealkylation sites (tertiary alicyclic amines) is 1. The first-order valence-electron chi connectivity index (χ1n) is 5.32. The molecule has 1 atom stereocenters. The Morgan fingerprint density at radius 1 is 1.56 bits per heavy atom. The molecule has 1 heterocycles. The molecule has 90 valence electrons. The zero-order chi connectivity index (χ0) is 12.3. The molecule has 0 bridgehead atoms. The summed E-state index contributed by atoms with van der Waals surface area (Å²) in [6.07, 6.45) is 0.772. The molecule has 3 N–H and O–H groups in total. The average Bonchev–Trinajstić information content (AvgIpc) is 2.18. The van der Waals surface area contributed by atoms with Gasteiger partial charge >= 0.3 is 0 Å². The Hall–Kier alpha value is -1.59. The smallest absolute Gasteiger partial charge is 0.253 e. The number of imide groups is 1. The summed E-state index contributed by atoms with van der Waals surface area (Å²) < 4.78 is 0.